The molecule has 0 spiro atoms. The molecule has 7 heteroatoms. The van der Waals surface area contributed by atoms with Crippen molar-refractivity contribution in [3.63, 3.8) is 0 Å². The summed E-state index contributed by atoms with van der Waals surface area (Å²) in [6.07, 6.45) is -0.557. The molecule has 0 saturated carbocycles. The van der Waals surface area contributed by atoms with Crippen LogP contribution in [-0.2, 0) is 9.63 Å². The topological polar surface area (TPSA) is 111 Å². The number of nitrogens with one attached hydrogen (secondary N) is 1. The second-order valence-corrected chi connectivity index (χ2v) is 4.95. The Bertz CT molecular complexity index is 505. The molecule has 1 aromatic carbocycles. The predicted molar refractivity (Wildman–Crippen MR) is 74.6 cm³/mol. The summed E-state index contributed by atoms with van der Waals surface area (Å²) in [5.74, 6) is -0.540. The van der Waals surface area contributed by atoms with Gasteiger partial charge in [-0.05, 0) is 5.56 Å². The van der Waals surface area contributed by atoms with Crippen LogP contribution < -0.4 is 5.32 Å². The summed E-state index contributed by atoms with van der Waals surface area (Å²) in [5.41, 5.74) is 0.0551. The number of carbonyl (C=O) groups is 1. The smallest absolute Gasteiger partial charge is 0.265 e. The van der Waals surface area contributed by atoms with Crippen molar-refractivity contribution in [2.45, 2.75) is 18.1 Å². The van der Waals surface area contributed by atoms with Gasteiger partial charge in [0.25, 0.3) is 5.91 Å². The number of carbonyl (C=O) groups excluding carboxylic acids is 1. The Hall–Kier alpha value is -1.96. The van der Waals surface area contributed by atoms with Gasteiger partial charge in [0.2, 0.25) is 6.10 Å². The highest BCUT2D eigenvalue weighted by atomic mass is 16.6. The van der Waals surface area contributed by atoms with E-state index in [0.29, 0.717) is 5.71 Å². The molecule has 0 bridgehead atoms. The highest BCUT2D eigenvalue weighted by molar-refractivity contribution is 6.04. The summed E-state index contributed by atoms with van der Waals surface area (Å²) in [6.45, 7) is -1.74. The van der Waals surface area contributed by atoms with Crippen LogP contribution in [0.25, 0.3) is 0 Å². The lowest BCUT2D eigenvalue weighted by molar-refractivity contribution is -0.135. The summed E-state index contributed by atoms with van der Waals surface area (Å²) in [6, 6.07) is 9.32. The lowest BCUT2D eigenvalue weighted by Gasteiger charge is -2.29. The Kier molecular flexibility index (Phi) is 4.89. The van der Waals surface area contributed by atoms with Gasteiger partial charge < -0.3 is 25.5 Å². The number of rotatable bonds is 6. The Morgan fingerprint density at radius 3 is 2.43 bits per heavy atom. The van der Waals surface area contributed by atoms with Crippen LogP contribution in [0.3, 0.4) is 0 Å². The first-order chi connectivity index (χ1) is 10.1. The van der Waals surface area contributed by atoms with Crippen molar-refractivity contribution in [1.82, 2.24) is 5.32 Å². The Balaban J connectivity index is 1.98. The third-order valence-corrected chi connectivity index (χ3v) is 3.36. The molecular weight excluding hydrogens is 276 g/mol. The molecule has 1 unspecified atom stereocenters. The van der Waals surface area contributed by atoms with Crippen molar-refractivity contribution in [3.8, 4) is 0 Å². The second kappa shape index (κ2) is 6.66. The van der Waals surface area contributed by atoms with Crippen LogP contribution in [0.2, 0.25) is 0 Å². The Labute approximate surface area is 121 Å². The molecule has 1 amide bonds. The number of benzene rings is 1. The Morgan fingerprint density at radius 2 is 1.86 bits per heavy atom. The number of aliphatic hydroxyl groups is 3. The normalized spacial score (nSPS) is 18.0. The first-order valence-electron chi connectivity index (χ1n) is 6.57. The minimum absolute atomic E-state index is 0.286. The number of hydrogen-bond acceptors (Lipinski definition) is 6. The zero-order chi connectivity index (χ0) is 15.3. The van der Waals surface area contributed by atoms with Crippen LogP contribution in [-0.4, -0.2) is 58.4 Å². The number of oxime groups is 1. The fraction of sp³-hybridized carbons (Fsp3) is 0.429. The standard InChI is InChI=1S/C14H18N2O5/c17-7-14(8-18,9-19)15-13(20)12-6-11(16-21-12)10-4-2-1-3-5-10/h1-5,12,17-19H,6-9H2,(H,15,20). The number of amides is 1. The lowest BCUT2D eigenvalue weighted by atomic mass is 10.0. The SMILES string of the molecule is O=C(NC(CO)(CO)CO)C1CC(c2ccccc2)=NO1. The molecule has 1 heterocycles. The first kappa shape index (κ1) is 15.4. The fourth-order valence-electron chi connectivity index (χ4n) is 1.93. The van der Waals surface area contributed by atoms with E-state index in [2.05, 4.69) is 10.5 Å². The van der Waals surface area contributed by atoms with Crippen molar-refractivity contribution in [3.05, 3.63) is 35.9 Å². The average molecular weight is 294 g/mol. The molecule has 1 aromatic rings. The van der Waals surface area contributed by atoms with E-state index in [-0.39, 0.29) is 6.42 Å². The second-order valence-electron chi connectivity index (χ2n) is 4.95. The molecule has 1 aliphatic rings. The van der Waals surface area contributed by atoms with Gasteiger partial charge in [0.05, 0.1) is 25.5 Å². The minimum atomic E-state index is -1.46. The molecule has 0 radical (unpaired) electrons. The van der Waals surface area contributed by atoms with Gasteiger partial charge in [-0.2, -0.15) is 0 Å². The molecule has 4 N–H and O–H groups in total. The number of hydrogen-bond donors (Lipinski definition) is 4. The van der Waals surface area contributed by atoms with E-state index in [1.807, 2.05) is 30.3 Å². The first-order valence-corrected chi connectivity index (χ1v) is 6.57. The zero-order valence-corrected chi connectivity index (χ0v) is 11.4. The van der Waals surface area contributed by atoms with E-state index in [4.69, 9.17) is 4.84 Å². The maximum Gasteiger partial charge on any atom is 0.265 e. The summed E-state index contributed by atoms with van der Waals surface area (Å²) < 4.78 is 0. The molecule has 21 heavy (non-hydrogen) atoms. The Morgan fingerprint density at radius 1 is 1.24 bits per heavy atom. The van der Waals surface area contributed by atoms with Gasteiger partial charge in [-0.3, -0.25) is 4.79 Å². The molecule has 7 nitrogen and oxygen atoms in total. The lowest BCUT2D eigenvalue weighted by Crippen LogP contribution is -2.59. The van der Waals surface area contributed by atoms with Gasteiger partial charge in [-0.25, -0.2) is 0 Å². The van der Waals surface area contributed by atoms with Gasteiger partial charge in [0.15, 0.2) is 0 Å². The molecule has 0 aliphatic carbocycles. The van der Waals surface area contributed by atoms with Gasteiger partial charge in [0.1, 0.15) is 5.54 Å². The van der Waals surface area contributed by atoms with Crippen molar-refractivity contribution >= 4 is 11.6 Å². The third-order valence-electron chi connectivity index (χ3n) is 3.36. The van der Waals surface area contributed by atoms with Crippen molar-refractivity contribution in [1.29, 1.82) is 0 Å². The van der Waals surface area contributed by atoms with E-state index in [1.54, 1.807) is 0 Å². The maximum absolute atomic E-state index is 12.1. The van der Waals surface area contributed by atoms with Crippen molar-refractivity contribution in [2.24, 2.45) is 5.16 Å². The molecule has 114 valence electrons. The highest BCUT2D eigenvalue weighted by Gasteiger charge is 2.36. The molecule has 1 aliphatic heterocycles. The van der Waals surface area contributed by atoms with Crippen molar-refractivity contribution < 1.29 is 25.0 Å². The molecule has 1 atom stereocenters. The molecular formula is C14H18N2O5. The van der Waals surface area contributed by atoms with E-state index in [9.17, 15) is 20.1 Å². The quantitative estimate of drug-likeness (QED) is 0.538. The molecule has 2 rings (SSSR count). The van der Waals surface area contributed by atoms with Gasteiger partial charge in [-0.15, -0.1) is 0 Å². The predicted octanol–water partition coefficient (Wildman–Crippen LogP) is -0.988. The number of nitrogens with zero attached hydrogens (tertiary/aromatic N) is 1. The van der Waals surface area contributed by atoms with E-state index < -0.39 is 37.4 Å². The monoisotopic (exact) mass is 294 g/mol. The van der Waals surface area contributed by atoms with Crippen LogP contribution in [0, 0.1) is 0 Å². The third kappa shape index (κ3) is 3.38. The van der Waals surface area contributed by atoms with E-state index in [0.717, 1.165) is 5.56 Å². The summed E-state index contributed by atoms with van der Waals surface area (Å²) in [7, 11) is 0. The van der Waals surface area contributed by atoms with Crippen molar-refractivity contribution in [2.75, 3.05) is 19.8 Å². The van der Waals surface area contributed by atoms with E-state index >= 15 is 0 Å². The number of aliphatic hydroxyl groups excluding tert-OH is 3. The van der Waals surface area contributed by atoms with Crippen LogP contribution in [0.5, 0.6) is 0 Å². The largest absolute Gasteiger partial charge is 0.394 e. The van der Waals surface area contributed by atoms with Crippen LogP contribution in [0.15, 0.2) is 35.5 Å². The zero-order valence-electron chi connectivity index (χ0n) is 11.4. The highest BCUT2D eigenvalue weighted by Crippen LogP contribution is 2.17. The summed E-state index contributed by atoms with van der Waals surface area (Å²) in [4.78, 5) is 17.2. The maximum atomic E-state index is 12.1. The van der Waals surface area contributed by atoms with E-state index in [1.165, 1.54) is 0 Å². The van der Waals surface area contributed by atoms with Crippen LogP contribution in [0.1, 0.15) is 12.0 Å². The van der Waals surface area contributed by atoms with Gasteiger partial charge >= 0.3 is 0 Å². The van der Waals surface area contributed by atoms with Gasteiger partial charge in [0, 0.05) is 6.42 Å². The van der Waals surface area contributed by atoms with Crippen LogP contribution in [0.4, 0.5) is 0 Å². The molecule has 0 aromatic heterocycles. The molecule has 0 saturated heterocycles. The van der Waals surface area contributed by atoms with Gasteiger partial charge in [-0.1, -0.05) is 35.5 Å². The summed E-state index contributed by atoms with van der Waals surface area (Å²) in [5, 5.41) is 33.9. The minimum Gasteiger partial charge on any atom is -0.394 e. The average Bonchev–Trinajstić information content (AvgIpc) is 3.04. The molecule has 0 fully saturated rings. The fourth-order valence-corrected chi connectivity index (χ4v) is 1.93. The summed E-state index contributed by atoms with van der Waals surface area (Å²) >= 11 is 0. The van der Waals surface area contributed by atoms with Crippen LogP contribution >= 0.6 is 0 Å².